The summed E-state index contributed by atoms with van der Waals surface area (Å²) in [7, 11) is 1.69. The number of hydrazine groups is 1. The van der Waals surface area contributed by atoms with Crippen LogP contribution in [0.2, 0.25) is 0 Å². The average molecular weight is 393 g/mol. The summed E-state index contributed by atoms with van der Waals surface area (Å²) in [5.74, 6) is 0.880. The second kappa shape index (κ2) is 8.27. The number of carbonyl (C=O) groups is 1. The lowest BCUT2D eigenvalue weighted by Crippen LogP contribution is -2.44. The number of rotatable bonds is 6. The Morgan fingerprint density at radius 1 is 1.17 bits per heavy atom. The summed E-state index contributed by atoms with van der Waals surface area (Å²) in [5.41, 5.74) is 11.2. The third-order valence-electron chi connectivity index (χ3n) is 5.54. The summed E-state index contributed by atoms with van der Waals surface area (Å²) >= 11 is 0. The lowest BCUT2D eigenvalue weighted by molar-refractivity contribution is -0.121. The molecule has 2 unspecified atom stereocenters. The first-order chi connectivity index (χ1) is 14.1. The van der Waals surface area contributed by atoms with Crippen molar-refractivity contribution >= 4 is 16.8 Å². The zero-order valence-electron chi connectivity index (χ0n) is 17.2. The van der Waals surface area contributed by atoms with Crippen molar-refractivity contribution in [1.82, 2.24) is 20.7 Å². The normalized spacial score (nSPS) is 18.9. The summed E-state index contributed by atoms with van der Waals surface area (Å²) in [5, 5.41) is 4.28. The quantitative estimate of drug-likeness (QED) is 0.603. The minimum Gasteiger partial charge on any atom is -0.497 e. The van der Waals surface area contributed by atoms with Crippen LogP contribution in [0.15, 0.2) is 48.5 Å². The fraction of sp³-hybridized carbons (Fsp3) is 0.348. The van der Waals surface area contributed by atoms with Crippen molar-refractivity contribution in [2.24, 2.45) is 0 Å². The molecule has 1 saturated heterocycles. The predicted octanol–water partition coefficient (Wildman–Crippen LogP) is 3.20. The number of fused-ring (bicyclic) bond motifs is 1. The number of nitrogens with zero attached hydrogens (tertiary/aromatic N) is 1. The van der Waals surface area contributed by atoms with Crippen LogP contribution >= 0.6 is 0 Å². The summed E-state index contributed by atoms with van der Waals surface area (Å²) in [6, 6.07) is 16.6. The van der Waals surface area contributed by atoms with Crippen LogP contribution in [0, 0.1) is 6.92 Å². The molecule has 29 heavy (non-hydrogen) atoms. The van der Waals surface area contributed by atoms with Crippen molar-refractivity contribution in [3.63, 3.8) is 0 Å². The average Bonchev–Trinajstić information content (AvgIpc) is 3.32. The zero-order valence-corrected chi connectivity index (χ0v) is 17.2. The molecule has 1 aliphatic rings. The molecule has 0 aliphatic carbocycles. The smallest absolute Gasteiger partial charge is 0.225 e. The highest BCUT2D eigenvalue weighted by Gasteiger charge is 2.28. The Kier molecular flexibility index (Phi) is 5.56. The molecule has 1 aliphatic heterocycles. The van der Waals surface area contributed by atoms with Gasteiger partial charge in [-0.3, -0.25) is 4.79 Å². The van der Waals surface area contributed by atoms with E-state index in [1.807, 2.05) is 37.3 Å². The van der Waals surface area contributed by atoms with E-state index < -0.39 is 0 Å². The van der Waals surface area contributed by atoms with Gasteiger partial charge in [-0.1, -0.05) is 29.8 Å². The van der Waals surface area contributed by atoms with Crippen LogP contribution in [0.1, 0.15) is 36.2 Å². The second-order valence-corrected chi connectivity index (χ2v) is 7.60. The Morgan fingerprint density at radius 3 is 2.69 bits per heavy atom. The van der Waals surface area contributed by atoms with Crippen molar-refractivity contribution in [3.05, 3.63) is 65.4 Å². The van der Waals surface area contributed by atoms with E-state index in [1.165, 1.54) is 16.6 Å². The lowest BCUT2D eigenvalue weighted by Gasteiger charge is -2.14. The number of benzene rings is 2. The summed E-state index contributed by atoms with van der Waals surface area (Å²) in [6.07, 6.45) is 1.07. The van der Waals surface area contributed by atoms with Gasteiger partial charge in [0.15, 0.2) is 0 Å². The van der Waals surface area contributed by atoms with Gasteiger partial charge < -0.3 is 14.6 Å². The molecule has 0 bridgehead atoms. The third-order valence-corrected chi connectivity index (χ3v) is 5.54. The molecule has 6 nitrogen and oxygen atoms in total. The monoisotopic (exact) mass is 392 g/mol. The number of aryl methyl sites for hydroxylation is 2. The maximum Gasteiger partial charge on any atom is 0.225 e. The molecule has 2 aromatic carbocycles. The summed E-state index contributed by atoms with van der Waals surface area (Å²) in [4.78, 5) is 12.4. The largest absolute Gasteiger partial charge is 0.497 e. The molecule has 1 amide bonds. The van der Waals surface area contributed by atoms with E-state index in [4.69, 9.17) is 4.74 Å². The van der Waals surface area contributed by atoms with Gasteiger partial charge in [-0.2, -0.15) is 0 Å². The molecule has 0 spiro atoms. The number of methoxy groups -OCH3 is 1. The van der Waals surface area contributed by atoms with E-state index in [9.17, 15) is 4.79 Å². The van der Waals surface area contributed by atoms with E-state index in [-0.39, 0.29) is 18.1 Å². The molecule has 0 saturated carbocycles. The highest BCUT2D eigenvalue weighted by atomic mass is 16.5. The van der Waals surface area contributed by atoms with Gasteiger partial charge in [0.25, 0.3) is 0 Å². The van der Waals surface area contributed by atoms with Crippen LogP contribution in [0.4, 0.5) is 0 Å². The molecule has 152 valence electrons. The SMILES string of the molecule is CCn1c(C2CC(NC(=O)Cc3ccc(C)cc3)NN2)cc2ccc(OC)cc21. The minimum atomic E-state index is -0.101. The van der Waals surface area contributed by atoms with Crippen LogP contribution in [0.25, 0.3) is 10.9 Å². The Bertz CT molecular complexity index is 1010. The molecule has 1 aromatic heterocycles. The van der Waals surface area contributed by atoms with E-state index in [0.717, 1.165) is 29.8 Å². The molecule has 1 fully saturated rings. The zero-order chi connectivity index (χ0) is 20.4. The van der Waals surface area contributed by atoms with Crippen LogP contribution in [0.5, 0.6) is 5.75 Å². The minimum absolute atomic E-state index is 0.0228. The molecule has 2 atom stereocenters. The molecule has 2 heterocycles. The van der Waals surface area contributed by atoms with Crippen molar-refractivity contribution in [2.75, 3.05) is 7.11 Å². The predicted molar refractivity (Wildman–Crippen MR) is 115 cm³/mol. The molecule has 0 radical (unpaired) electrons. The van der Waals surface area contributed by atoms with Gasteiger partial charge in [0.2, 0.25) is 5.91 Å². The fourth-order valence-corrected chi connectivity index (χ4v) is 4.01. The first-order valence-corrected chi connectivity index (χ1v) is 10.1. The van der Waals surface area contributed by atoms with Crippen molar-refractivity contribution in [2.45, 2.75) is 45.4 Å². The summed E-state index contributed by atoms with van der Waals surface area (Å²) < 4.78 is 7.68. The number of nitrogens with one attached hydrogen (secondary N) is 3. The number of hydrogen-bond donors (Lipinski definition) is 3. The Hall–Kier alpha value is -2.83. The first-order valence-electron chi connectivity index (χ1n) is 10.1. The molecule has 4 rings (SSSR count). The van der Waals surface area contributed by atoms with Gasteiger partial charge in [-0.05, 0) is 37.6 Å². The van der Waals surface area contributed by atoms with Crippen molar-refractivity contribution in [3.8, 4) is 5.75 Å². The van der Waals surface area contributed by atoms with E-state index in [1.54, 1.807) is 7.11 Å². The van der Waals surface area contributed by atoms with Crippen LogP contribution in [-0.4, -0.2) is 23.7 Å². The van der Waals surface area contributed by atoms with Gasteiger partial charge in [-0.25, -0.2) is 10.9 Å². The fourth-order valence-electron chi connectivity index (χ4n) is 4.01. The van der Waals surface area contributed by atoms with Gasteiger partial charge in [0, 0.05) is 30.1 Å². The summed E-state index contributed by atoms with van der Waals surface area (Å²) in [6.45, 7) is 5.06. The lowest BCUT2D eigenvalue weighted by atomic mass is 10.1. The Morgan fingerprint density at radius 2 is 1.97 bits per heavy atom. The van der Waals surface area contributed by atoms with E-state index in [0.29, 0.717) is 6.42 Å². The number of amides is 1. The Labute approximate surface area is 171 Å². The highest BCUT2D eigenvalue weighted by Crippen LogP contribution is 2.30. The second-order valence-electron chi connectivity index (χ2n) is 7.60. The van der Waals surface area contributed by atoms with Gasteiger partial charge in [0.1, 0.15) is 5.75 Å². The maximum absolute atomic E-state index is 12.4. The molecular weight excluding hydrogens is 364 g/mol. The maximum atomic E-state index is 12.4. The first kappa shape index (κ1) is 19.5. The van der Waals surface area contributed by atoms with Crippen LogP contribution in [0.3, 0.4) is 0 Å². The van der Waals surface area contributed by atoms with Gasteiger partial charge in [-0.15, -0.1) is 0 Å². The number of hydrogen-bond acceptors (Lipinski definition) is 4. The van der Waals surface area contributed by atoms with E-state index >= 15 is 0 Å². The number of ether oxygens (including phenoxy) is 1. The van der Waals surface area contributed by atoms with Gasteiger partial charge in [0.05, 0.1) is 31.3 Å². The molecular formula is C23H28N4O2. The highest BCUT2D eigenvalue weighted by molar-refractivity contribution is 5.83. The van der Waals surface area contributed by atoms with Gasteiger partial charge >= 0.3 is 0 Å². The van der Waals surface area contributed by atoms with Crippen molar-refractivity contribution < 1.29 is 9.53 Å². The van der Waals surface area contributed by atoms with E-state index in [2.05, 4.69) is 45.9 Å². The number of carbonyl (C=O) groups excluding carboxylic acids is 1. The topological polar surface area (TPSA) is 67.3 Å². The number of aromatic nitrogens is 1. The Balaban J connectivity index is 1.44. The van der Waals surface area contributed by atoms with Crippen molar-refractivity contribution in [1.29, 1.82) is 0 Å². The van der Waals surface area contributed by atoms with Crippen LogP contribution < -0.4 is 20.9 Å². The van der Waals surface area contributed by atoms with Crippen LogP contribution in [-0.2, 0) is 17.8 Å². The third kappa shape index (κ3) is 4.13. The molecule has 3 N–H and O–H groups in total. The standard InChI is InChI=1S/C23H28N4O2/c1-4-27-20-13-18(29-3)10-9-17(20)12-21(27)19-14-22(26-25-19)24-23(28)11-16-7-5-15(2)6-8-16/h5-10,12-13,19,22,25-26H,4,11,14H2,1-3H3,(H,24,28). The molecule has 6 heteroatoms. The molecule has 3 aromatic rings.